The van der Waals surface area contributed by atoms with E-state index in [-0.39, 0.29) is 11.7 Å². The van der Waals surface area contributed by atoms with Gasteiger partial charge in [-0.05, 0) is 6.08 Å². The van der Waals surface area contributed by atoms with Gasteiger partial charge in [-0.25, -0.2) is 23.1 Å². The minimum absolute atomic E-state index is 0.0189. The van der Waals surface area contributed by atoms with E-state index in [1.54, 1.807) is 0 Å². The molecule has 0 aromatic carbocycles. The van der Waals surface area contributed by atoms with Crippen molar-refractivity contribution >= 4 is 40.9 Å². The number of rotatable bonds is 9. The molecule has 0 radical (unpaired) electrons. The lowest BCUT2D eigenvalue weighted by atomic mass is 9.99. The second-order valence-corrected chi connectivity index (χ2v) is 11.1. The van der Waals surface area contributed by atoms with Crippen molar-refractivity contribution in [2.24, 2.45) is 10.7 Å². The summed E-state index contributed by atoms with van der Waals surface area (Å²) in [5.41, 5.74) is 3.15. The summed E-state index contributed by atoms with van der Waals surface area (Å²) >= 11 is 6.11. The van der Waals surface area contributed by atoms with E-state index in [9.17, 15) is 28.1 Å². The van der Waals surface area contributed by atoms with Crippen LogP contribution in [0, 0.1) is 0 Å². The zero-order valence-electron chi connectivity index (χ0n) is 15.2. The van der Waals surface area contributed by atoms with Gasteiger partial charge in [0.2, 0.25) is 0 Å². The molecule has 0 aromatic heterocycles. The summed E-state index contributed by atoms with van der Waals surface area (Å²) in [6, 6.07) is 0. The molecule has 2 heterocycles. The molecule has 0 amide bonds. The fourth-order valence-electron chi connectivity index (χ4n) is 2.51. The summed E-state index contributed by atoms with van der Waals surface area (Å²) < 4.78 is 64.6. The Hall–Kier alpha value is -0.700. The number of aliphatic hydroxyl groups excluding tert-OH is 1. The zero-order chi connectivity index (χ0) is 23.8. The number of hydrogen-bond donors (Lipinski definition) is 6. The molecule has 0 bridgehead atoms. The number of halogens is 2. The number of phosphoric ester groups is 1. The van der Waals surface area contributed by atoms with E-state index in [1.165, 1.54) is 17.2 Å². The molecule has 2 rings (SSSR count). The third kappa shape index (κ3) is 6.65. The van der Waals surface area contributed by atoms with Gasteiger partial charge in [-0.3, -0.25) is 4.52 Å². The molecule has 1 fully saturated rings. The Morgan fingerprint density at radius 2 is 1.90 bits per heavy atom. The van der Waals surface area contributed by atoms with Crippen LogP contribution in [0.2, 0.25) is 0 Å². The fourth-order valence-corrected chi connectivity index (χ4v) is 5.99. The molecular formula is C11H18ClFN3O12P3. The third-order valence-electron chi connectivity index (χ3n) is 3.82. The van der Waals surface area contributed by atoms with Crippen LogP contribution in [-0.4, -0.2) is 72.0 Å². The van der Waals surface area contributed by atoms with Crippen molar-refractivity contribution in [1.29, 1.82) is 0 Å². The van der Waals surface area contributed by atoms with Gasteiger partial charge in [0, 0.05) is 6.20 Å². The Bertz CT molecular complexity index is 929. The predicted molar refractivity (Wildman–Crippen MR) is 101 cm³/mol. The Kier molecular flexibility index (Phi) is 7.94. The van der Waals surface area contributed by atoms with Gasteiger partial charge in [0.1, 0.15) is 29.8 Å². The minimum Gasteiger partial charge on any atom is -0.388 e. The van der Waals surface area contributed by atoms with Crippen molar-refractivity contribution in [1.82, 2.24) is 4.90 Å². The number of aliphatic imine (C=N–C) groups is 1. The monoisotopic (exact) mass is 531 g/mol. The Morgan fingerprint density at radius 1 is 1.29 bits per heavy atom. The van der Waals surface area contributed by atoms with Crippen LogP contribution in [0.5, 0.6) is 0 Å². The van der Waals surface area contributed by atoms with Gasteiger partial charge < -0.3 is 40.1 Å². The largest absolute Gasteiger partial charge is 0.490 e. The number of hydrogen-bond acceptors (Lipinski definition) is 11. The molecule has 2 aliphatic heterocycles. The molecule has 0 aromatic rings. The van der Waals surface area contributed by atoms with E-state index in [0.717, 1.165) is 0 Å². The first-order chi connectivity index (χ1) is 14.0. The number of amidine groups is 1. The SMILES string of the molecule is C=C1N=C(N)C=CN1[C@@H]1O[C@](CF)(COP(=O)(O)OP(=O)(O)OP(=O)(O)O)[C@@H](O)[C@@H]1Cl. The summed E-state index contributed by atoms with van der Waals surface area (Å²) in [5, 5.41) is 9.02. The third-order valence-corrected chi connectivity index (χ3v) is 8.06. The lowest BCUT2D eigenvalue weighted by molar-refractivity contribution is -0.140. The van der Waals surface area contributed by atoms with Crippen molar-refractivity contribution in [3.63, 3.8) is 0 Å². The number of alkyl halides is 2. The van der Waals surface area contributed by atoms with E-state index in [0.29, 0.717) is 0 Å². The maximum absolute atomic E-state index is 13.8. The van der Waals surface area contributed by atoms with Gasteiger partial charge in [0.15, 0.2) is 11.8 Å². The van der Waals surface area contributed by atoms with Gasteiger partial charge in [-0.1, -0.05) is 6.58 Å². The molecule has 2 unspecified atom stereocenters. The quantitative estimate of drug-likeness (QED) is 0.170. The smallest absolute Gasteiger partial charge is 0.388 e. The van der Waals surface area contributed by atoms with Crippen molar-refractivity contribution in [2.75, 3.05) is 13.3 Å². The van der Waals surface area contributed by atoms with Crippen LogP contribution in [0.4, 0.5) is 4.39 Å². The van der Waals surface area contributed by atoms with Crippen LogP contribution in [-0.2, 0) is 31.6 Å². The van der Waals surface area contributed by atoms with Crippen LogP contribution >= 0.6 is 35.1 Å². The highest BCUT2D eigenvalue weighted by Crippen LogP contribution is 2.66. The number of phosphoric acid groups is 3. The highest BCUT2D eigenvalue weighted by Gasteiger charge is 2.57. The lowest BCUT2D eigenvalue weighted by Gasteiger charge is -2.32. The molecule has 15 nitrogen and oxygen atoms in total. The fraction of sp³-hybridized carbons (Fsp3) is 0.545. The maximum Gasteiger partial charge on any atom is 0.490 e. The van der Waals surface area contributed by atoms with E-state index >= 15 is 0 Å². The van der Waals surface area contributed by atoms with Crippen LogP contribution in [0.25, 0.3) is 0 Å². The van der Waals surface area contributed by atoms with Crippen LogP contribution in [0.1, 0.15) is 0 Å². The van der Waals surface area contributed by atoms with Crippen molar-refractivity contribution in [3.8, 4) is 0 Å². The minimum atomic E-state index is -5.78. The molecule has 7 N–H and O–H groups in total. The number of ether oxygens (including phenoxy) is 1. The summed E-state index contributed by atoms with van der Waals surface area (Å²) in [6.45, 7) is 0.838. The molecule has 31 heavy (non-hydrogen) atoms. The first kappa shape index (κ1) is 26.6. The summed E-state index contributed by atoms with van der Waals surface area (Å²) in [7, 11) is -17.0. The number of nitrogens with two attached hydrogens (primary N) is 1. The molecule has 6 atom stereocenters. The molecule has 2 aliphatic rings. The van der Waals surface area contributed by atoms with E-state index < -0.39 is 60.1 Å². The molecule has 178 valence electrons. The number of aliphatic hydroxyl groups is 1. The van der Waals surface area contributed by atoms with E-state index in [4.69, 9.17) is 36.8 Å². The van der Waals surface area contributed by atoms with E-state index in [1.807, 2.05) is 0 Å². The second kappa shape index (κ2) is 9.27. The highest BCUT2D eigenvalue weighted by atomic mass is 35.5. The molecule has 20 heteroatoms. The summed E-state index contributed by atoms with van der Waals surface area (Å²) in [5.74, 6) is 0.112. The average Bonchev–Trinajstić information content (AvgIpc) is 2.82. The summed E-state index contributed by atoms with van der Waals surface area (Å²) in [6.07, 6.45) is -0.484. The highest BCUT2D eigenvalue weighted by molar-refractivity contribution is 7.66. The first-order valence-electron chi connectivity index (χ1n) is 7.85. The van der Waals surface area contributed by atoms with Gasteiger partial charge in [-0.15, -0.1) is 11.6 Å². The van der Waals surface area contributed by atoms with Gasteiger partial charge in [-0.2, -0.15) is 8.62 Å². The maximum atomic E-state index is 13.8. The van der Waals surface area contributed by atoms with Gasteiger partial charge >= 0.3 is 23.5 Å². The van der Waals surface area contributed by atoms with Crippen molar-refractivity contribution < 1.29 is 60.6 Å². The Morgan fingerprint density at radius 3 is 2.42 bits per heavy atom. The topological polar surface area (TPSA) is 231 Å². The normalized spacial score (nSPS) is 33.1. The molecule has 0 aliphatic carbocycles. The van der Waals surface area contributed by atoms with E-state index in [2.05, 4.69) is 24.7 Å². The Balaban J connectivity index is 2.14. The van der Waals surface area contributed by atoms with Crippen molar-refractivity contribution in [3.05, 3.63) is 24.7 Å². The standard InChI is InChI=1S/C11H18ClFN3O12P3/c1-6-15-7(14)2-3-16(6)10-8(12)9(17)11(4-13,26-10)5-25-30(21,22)28-31(23,24)27-29(18,19)20/h2-3,8-10,17H,1,4-5H2,(H2,14,15)(H,21,22)(H,23,24)(H2,18,19,20)/t8-,9-,10+,11+/m0/s1. The molecule has 0 saturated carbocycles. The van der Waals surface area contributed by atoms with Crippen LogP contribution in [0.3, 0.4) is 0 Å². The lowest BCUT2D eigenvalue weighted by Crippen LogP contribution is -2.48. The van der Waals surface area contributed by atoms with Crippen LogP contribution in [0.15, 0.2) is 29.7 Å². The molecule has 1 saturated heterocycles. The van der Waals surface area contributed by atoms with Crippen molar-refractivity contribution in [2.45, 2.75) is 23.3 Å². The Labute approximate surface area is 179 Å². The predicted octanol–water partition coefficient (Wildman–Crippen LogP) is 0.0203. The summed E-state index contributed by atoms with van der Waals surface area (Å²) in [4.78, 5) is 40.7. The van der Waals surface area contributed by atoms with Crippen LogP contribution < -0.4 is 5.73 Å². The molecule has 0 spiro atoms. The number of nitrogens with zero attached hydrogens (tertiary/aromatic N) is 2. The molecular weight excluding hydrogens is 514 g/mol. The second-order valence-electron chi connectivity index (χ2n) is 6.14. The average molecular weight is 532 g/mol. The van der Waals surface area contributed by atoms with Gasteiger partial charge in [0.05, 0.1) is 6.61 Å². The zero-order valence-corrected chi connectivity index (χ0v) is 18.6. The van der Waals surface area contributed by atoms with Gasteiger partial charge in [0.25, 0.3) is 0 Å². The first-order valence-corrected chi connectivity index (χ1v) is 12.8.